The summed E-state index contributed by atoms with van der Waals surface area (Å²) in [5.41, 5.74) is 2.10. The molecule has 0 aliphatic carbocycles. The molecule has 0 bridgehead atoms. The van der Waals surface area contributed by atoms with E-state index in [4.69, 9.17) is 14.2 Å². The second-order valence-electron chi connectivity index (χ2n) is 8.28. The second kappa shape index (κ2) is 10.9. The van der Waals surface area contributed by atoms with Crippen molar-refractivity contribution in [2.45, 2.75) is 12.5 Å². The highest BCUT2D eigenvalue weighted by atomic mass is 16.5. The van der Waals surface area contributed by atoms with Gasteiger partial charge in [-0.3, -0.25) is 14.6 Å². The van der Waals surface area contributed by atoms with E-state index in [9.17, 15) is 9.59 Å². The van der Waals surface area contributed by atoms with Crippen molar-refractivity contribution in [1.82, 2.24) is 15.2 Å². The molecule has 2 unspecified atom stereocenters. The summed E-state index contributed by atoms with van der Waals surface area (Å²) in [5.74, 6) is 0.689. The normalized spacial score (nSPS) is 17.1. The van der Waals surface area contributed by atoms with Gasteiger partial charge in [0.15, 0.2) is 11.5 Å². The van der Waals surface area contributed by atoms with E-state index in [1.165, 1.54) is 0 Å². The van der Waals surface area contributed by atoms with Crippen molar-refractivity contribution in [3.8, 4) is 17.2 Å². The first kappa shape index (κ1) is 24.1. The molecule has 8 nitrogen and oxygen atoms in total. The van der Waals surface area contributed by atoms with Gasteiger partial charge in [0.25, 0.3) is 5.91 Å². The maximum atomic E-state index is 13.4. The molecule has 182 valence electrons. The average Bonchev–Trinajstić information content (AvgIpc) is 3.36. The van der Waals surface area contributed by atoms with Crippen molar-refractivity contribution in [3.63, 3.8) is 0 Å². The van der Waals surface area contributed by atoms with Gasteiger partial charge in [-0.1, -0.05) is 24.3 Å². The minimum Gasteiger partial charge on any atom is -0.497 e. The number of rotatable bonds is 8. The molecule has 0 spiro atoms. The number of aromatic nitrogens is 1. The topological polar surface area (TPSA) is 90.0 Å². The molecule has 4 rings (SSSR count). The predicted molar refractivity (Wildman–Crippen MR) is 131 cm³/mol. The highest BCUT2D eigenvalue weighted by Gasteiger charge is 2.42. The van der Waals surface area contributed by atoms with Gasteiger partial charge in [-0.15, -0.1) is 0 Å². The number of methoxy groups -OCH3 is 3. The molecule has 0 saturated carbocycles. The van der Waals surface area contributed by atoms with Gasteiger partial charge < -0.3 is 24.4 Å². The van der Waals surface area contributed by atoms with Crippen LogP contribution in [0.5, 0.6) is 17.2 Å². The Bertz CT molecular complexity index is 1180. The van der Waals surface area contributed by atoms with Crippen molar-refractivity contribution in [2.24, 2.45) is 5.92 Å². The minimum atomic E-state index is -0.478. The molecule has 35 heavy (non-hydrogen) atoms. The van der Waals surface area contributed by atoms with Crippen LogP contribution in [0.3, 0.4) is 0 Å². The molecule has 2 amide bonds. The predicted octanol–water partition coefficient (Wildman–Crippen LogP) is 3.28. The number of nitrogens with zero attached hydrogens (tertiary/aromatic N) is 2. The summed E-state index contributed by atoms with van der Waals surface area (Å²) in [7, 11) is 4.71. The molecule has 8 heteroatoms. The van der Waals surface area contributed by atoms with E-state index in [2.05, 4.69) is 10.3 Å². The summed E-state index contributed by atoms with van der Waals surface area (Å²) in [4.78, 5) is 32.8. The van der Waals surface area contributed by atoms with E-state index in [1.54, 1.807) is 56.7 Å². The Balaban J connectivity index is 1.63. The first-order chi connectivity index (χ1) is 17.0. The van der Waals surface area contributed by atoms with Crippen LogP contribution in [0, 0.1) is 5.92 Å². The third kappa shape index (κ3) is 5.21. The van der Waals surface area contributed by atoms with Crippen LogP contribution < -0.4 is 19.5 Å². The summed E-state index contributed by atoms with van der Waals surface area (Å²) in [5, 5.41) is 2.99. The number of hydrogen-bond donors (Lipinski definition) is 1. The summed E-state index contributed by atoms with van der Waals surface area (Å²) >= 11 is 0. The zero-order valence-corrected chi connectivity index (χ0v) is 20.1. The first-order valence-corrected chi connectivity index (χ1v) is 11.4. The number of para-hydroxylation sites is 1. The van der Waals surface area contributed by atoms with Crippen LogP contribution in [0.1, 0.15) is 27.5 Å². The molecule has 1 saturated heterocycles. The fraction of sp³-hybridized carbons (Fsp3) is 0.296. The third-order valence-corrected chi connectivity index (χ3v) is 6.26. The van der Waals surface area contributed by atoms with Crippen LogP contribution in [-0.4, -0.2) is 56.1 Å². The summed E-state index contributed by atoms with van der Waals surface area (Å²) < 4.78 is 16.4. The number of hydrogen-bond acceptors (Lipinski definition) is 6. The van der Waals surface area contributed by atoms with Gasteiger partial charge in [0, 0.05) is 36.3 Å². The molecule has 1 aliphatic heterocycles. The highest BCUT2D eigenvalue weighted by Crippen LogP contribution is 2.42. The van der Waals surface area contributed by atoms with Gasteiger partial charge in [0.05, 0.1) is 39.5 Å². The Morgan fingerprint density at radius 3 is 2.51 bits per heavy atom. The molecule has 2 atom stereocenters. The van der Waals surface area contributed by atoms with Crippen LogP contribution in [0.15, 0.2) is 66.9 Å². The molecule has 1 aromatic heterocycles. The first-order valence-electron chi connectivity index (χ1n) is 11.4. The van der Waals surface area contributed by atoms with Crippen molar-refractivity contribution < 1.29 is 23.8 Å². The molecule has 1 fully saturated rings. The van der Waals surface area contributed by atoms with E-state index in [-0.39, 0.29) is 24.3 Å². The number of pyridine rings is 1. The smallest absolute Gasteiger partial charge is 0.254 e. The van der Waals surface area contributed by atoms with Crippen LogP contribution in [0.25, 0.3) is 0 Å². The third-order valence-electron chi connectivity index (χ3n) is 6.26. The molecular weight excluding hydrogens is 446 g/mol. The van der Waals surface area contributed by atoms with Crippen molar-refractivity contribution in [1.29, 1.82) is 0 Å². The molecular formula is C27H29N3O5. The highest BCUT2D eigenvalue weighted by molar-refractivity contribution is 5.95. The largest absolute Gasteiger partial charge is 0.497 e. The lowest BCUT2D eigenvalue weighted by atomic mass is 9.87. The molecule has 3 aromatic rings. The lowest BCUT2D eigenvalue weighted by Gasteiger charge is -2.21. The van der Waals surface area contributed by atoms with Gasteiger partial charge in [-0.2, -0.15) is 0 Å². The maximum absolute atomic E-state index is 13.4. The van der Waals surface area contributed by atoms with Gasteiger partial charge in [0.2, 0.25) is 5.91 Å². The lowest BCUT2D eigenvalue weighted by molar-refractivity contribution is -0.125. The SMILES string of the molecule is COc1cccc(C(=O)N2CC(C(=O)NCc3ccccn3)C(c3cccc(OC)c3OC)C2)c1. The molecule has 0 radical (unpaired) electrons. The number of benzene rings is 2. The fourth-order valence-electron chi connectivity index (χ4n) is 4.50. The summed E-state index contributed by atoms with van der Waals surface area (Å²) in [6.07, 6.45) is 1.69. The van der Waals surface area contributed by atoms with E-state index in [0.717, 1.165) is 11.3 Å². The van der Waals surface area contributed by atoms with Gasteiger partial charge in [-0.05, 0) is 36.4 Å². The number of nitrogens with one attached hydrogen (secondary N) is 1. The maximum Gasteiger partial charge on any atom is 0.254 e. The zero-order chi connectivity index (χ0) is 24.8. The Morgan fingerprint density at radius 1 is 0.971 bits per heavy atom. The van der Waals surface area contributed by atoms with Crippen molar-refractivity contribution >= 4 is 11.8 Å². The second-order valence-corrected chi connectivity index (χ2v) is 8.28. The number of amides is 2. The van der Waals surface area contributed by atoms with E-state index in [0.29, 0.717) is 35.9 Å². The fourth-order valence-corrected chi connectivity index (χ4v) is 4.50. The van der Waals surface area contributed by atoms with E-state index >= 15 is 0 Å². The average molecular weight is 476 g/mol. The van der Waals surface area contributed by atoms with Crippen LogP contribution in [0.4, 0.5) is 0 Å². The molecule has 2 heterocycles. The Morgan fingerprint density at radius 2 is 1.80 bits per heavy atom. The quantitative estimate of drug-likeness (QED) is 0.538. The Labute approximate surface area is 204 Å². The van der Waals surface area contributed by atoms with Gasteiger partial charge in [-0.25, -0.2) is 0 Å². The summed E-state index contributed by atoms with van der Waals surface area (Å²) in [6, 6.07) is 18.2. The van der Waals surface area contributed by atoms with Gasteiger partial charge >= 0.3 is 0 Å². The standard InChI is InChI=1S/C27H29N3O5/c1-33-20-10-6-8-18(14-20)27(32)30-16-22(21-11-7-12-24(34-2)25(21)35-3)23(17-30)26(31)29-15-19-9-4-5-13-28-19/h4-14,22-23H,15-17H2,1-3H3,(H,29,31). The van der Waals surface area contributed by atoms with Crippen LogP contribution >= 0.6 is 0 Å². The van der Waals surface area contributed by atoms with Crippen LogP contribution in [-0.2, 0) is 11.3 Å². The summed E-state index contributed by atoms with van der Waals surface area (Å²) in [6.45, 7) is 0.943. The zero-order valence-electron chi connectivity index (χ0n) is 20.1. The number of ether oxygens (including phenoxy) is 3. The monoisotopic (exact) mass is 475 g/mol. The Hall–Kier alpha value is -4.07. The number of carbonyl (C=O) groups excluding carboxylic acids is 2. The molecule has 2 aromatic carbocycles. The minimum absolute atomic E-state index is 0.147. The number of likely N-dealkylation sites (tertiary alicyclic amines) is 1. The van der Waals surface area contributed by atoms with Crippen molar-refractivity contribution in [2.75, 3.05) is 34.4 Å². The lowest BCUT2D eigenvalue weighted by Crippen LogP contribution is -2.35. The Kier molecular flexibility index (Phi) is 7.50. The van der Waals surface area contributed by atoms with Crippen molar-refractivity contribution in [3.05, 3.63) is 83.7 Å². The molecule has 1 aliphatic rings. The van der Waals surface area contributed by atoms with E-state index < -0.39 is 5.92 Å². The van der Waals surface area contributed by atoms with Crippen LogP contribution in [0.2, 0.25) is 0 Å². The number of carbonyl (C=O) groups is 2. The molecule has 1 N–H and O–H groups in total. The van der Waals surface area contributed by atoms with E-state index in [1.807, 2.05) is 36.4 Å². The van der Waals surface area contributed by atoms with Gasteiger partial charge in [0.1, 0.15) is 5.75 Å².